The van der Waals surface area contributed by atoms with Crippen LogP contribution in [0.2, 0.25) is 5.02 Å². The van der Waals surface area contributed by atoms with Gasteiger partial charge in [-0.05, 0) is 36.5 Å². The lowest BCUT2D eigenvalue weighted by Crippen LogP contribution is -2.41. The molecule has 0 fully saturated rings. The zero-order valence-corrected chi connectivity index (χ0v) is 17.9. The molecule has 1 aromatic carbocycles. The molecule has 3 aromatic rings. The number of hydrogen-bond acceptors (Lipinski definition) is 8. The highest BCUT2D eigenvalue weighted by atomic mass is 35.5. The summed E-state index contributed by atoms with van der Waals surface area (Å²) in [7, 11) is 2.70. The maximum atomic E-state index is 12.6. The van der Waals surface area contributed by atoms with Gasteiger partial charge in [0.15, 0.2) is 14.1 Å². The number of carbonyl (C=O) groups excluding carboxylic acids is 1. The summed E-state index contributed by atoms with van der Waals surface area (Å²) in [6.07, 6.45) is 0. The Hall–Kier alpha value is -2.21. The molecule has 0 amide bonds. The number of nitrogens with two attached hydrogens (primary N) is 1. The number of nitrogens with zero attached hydrogens (tertiary/aromatic N) is 4. The Kier molecular flexibility index (Phi) is 5.89. The minimum atomic E-state index is -0.717. The third-order valence-corrected chi connectivity index (χ3v) is 6.53. The fraction of sp³-hybridized carbons (Fsp3) is 0.188. The molecule has 0 bridgehead atoms. The Morgan fingerprint density at radius 2 is 1.89 bits per heavy atom. The van der Waals surface area contributed by atoms with E-state index in [4.69, 9.17) is 29.6 Å². The minimum absolute atomic E-state index is 0.0689. The molecule has 12 heteroatoms. The summed E-state index contributed by atoms with van der Waals surface area (Å²) in [5.74, 6) is -0.712. The molecule has 0 aliphatic heterocycles. The van der Waals surface area contributed by atoms with E-state index in [1.54, 1.807) is 28.9 Å². The van der Waals surface area contributed by atoms with Gasteiger partial charge < -0.3 is 5.73 Å². The predicted octanol–water partition coefficient (Wildman–Crippen LogP) is 2.27. The Morgan fingerprint density at radius 1 is 1.25 bits per heavy atom. The highest BCUT2D eigenvalue weighted by Crippen LogP contribution is 2.25. The van der Waals surface area contributed by atoms with Crippen LogP contribution < -0.4 is 17.0 Å². The van der Waals surface area contributed by atoms with Gasteiger partial charge in [0.05, 0.1) is 11.4 Å². The molecule has 0 unspecified atom stereocenters. The molecule has 8 nitrogen and oxygen atoms in total. The smallest absolute Gasteiger partial charge is 0.332 e. The van der Waals surface area contributed by atoms with Gasteiger partial charge in [-0.3, -0.25) is 18.7 Å². The van der Waals surface area contributed by atoms with Gasteiger partial charge >= 0.3 is 5.69 Å². The summed E-state index contributed by atoms with van der Waals surface area (Å²) in [6.45, 7) is 0. The number of thioether (sulfide) groups is 1. The first-order valence-corrected chi connectivity index (χ1v) is 10.4. The number of Topliss-reactive ketones (excluding diaryl/α,β-unsaturated/α-hetero) is 1. The van der Waals surface area contributed by atoms with Crippen LogP contribution in [0.5, 0.6) is 0 Å². The molecule has 3 rings (SSSR count). The van der Waals surface area contributed by atoms with Crippen molar-refractivity contribution in [3.05, 3.63) is 59.6 Å². The van der Waals surface area contributed by atoms with E-state index in [1.807, 2.05) is 0 Å². The Balaban J connectivity index is 1.84. The fourth-order valence-corrected chi connectivity index (χ4v) is 4.75. The molecule has 0 saturated carbocycles. The SMILES string of the molecule is Cn1c(N)c(C(=O)CSc2nn(-c3ccc(Cl)cc3)c(=S)s2)c(=O)n(C)c1=O. The van der Waals surface area contributed by atoms with E-state index in [9.17, 15) is 14.4 Å². The number of hydrogen-bond donors (Lipinski definition) is 1. The van der Waals surface area contributed by atoms with Crippen LogP contribution in [0.15, 0.2) is 38.2 Å². The number of ketones is 1. The van der Waals surface area contributed by atoms with E-state index in [1.165, 1.54) is 25.4 Å². The molecule has 2 aromatic heterocycles. The van der Waals surface area contributed by atoms with Crippen molar-refractivity contribution in [1.29, 1.82) is 0 Å². The van der Waals surface area contributed by atoms with E-state index >= 15 is 0 Å². The second-order valence-electron chi connectivity index (χ2n) is 5.70. The lowest BCUT2D eigenvalue weighted by Gasteiger charge is -2.10. The number of benzene rings is 1. The number of nitrogen functional groups attached to an aromatic ring is 1. The van der Waals surface area contributed by atoms with Crippen molar-refractivity contribution in [2.24, 2.45) is 14.1 Å². The van der Waals surface area contributed by atoms with Gasteiger partial charge in [0.2, 0.25) is 0 Å². The maximum absolute atomic E-state index is 12.6. The van der Waals surface area contributed by atoms with E-state index in [0.29, 0.717) is 13.3 Å². The first kappa shape index (κ1) is 20.5. The molecule has 146 valence electrons. The van der Waals surface area contributed by atoms with Crippen LogP contribution in [0.25, 0.3) is 5.69 Å². The predicted molar refractivity (Wildman–Crippen MR) is 114 cm³/mol. The van der Waals surface area contributed by atoms with Gasteiger partial charge in [-0.2, -0.15) is 0 Å². The molecule has 2 N–H and O–H groups in total. The highest BCUT2D eigenvalue weighted by molar-refractivity contribution is 8.01. The van der Waals surface area contributed by atoms with Crippen LogP contribution in [-0.4, -0.2) is 30.5 Å². The molecule has 0 radical (unpaired) electrons. The Bertz CT molecular complexity index is 1240. The van der Waals surface area contributed by atoms with Crippen molar-refractivity contribution in [2.45, 2.75) is 4.34 Å². The molecule has 28 heavy (non-hydrogen) atoms. The second-order valence-corrected chi connectivity index (χ2v) is 8.98. The van der Waals surface area contributed by atoms with Crippen LogP contribution in [0.3, 0.4) is 0 Å². The van der Waals surface area contributed by atoms with Crippen LogP contribution in [0.1, 0.15) is 10.4 Å². The molecule has 0 aliphatic carbocycles. The molecule has 0 spiro atoms. The third-order valence-electron chi connectivity index (χ3n) is 3.92. The summed E-state index contributed by atoms with van der Waals surface area (Å²) in [6, 6.07) is 7.03. The number of rotatable bonds is 5. The van der Waals surface area contributed by atoms with Crippen molar-refractivity contribution in [2.75, 3.05) is 11.5 Å². The van der Waals surface area contributed by atoms with Gasteiger partial charge in [-0.25, -0.2) is 9.48 Å². The van der Waals surface area contributed by atoms with Gasteiger partial charge in [-0.1, -0.05) is 34.7 Å². The Labute approximate surface area is 177 Å². The molecule has 0 atom stereocenters. The zero-order chi connectivity index (χ0) is 20.6. The lowest BCUT2D eigenvalue weighted by molar-refractivity contribution is 0.102. The minimum Gasteiger partial charge on any atom is -0.384 e. The summed E-state index contributed by atoms with van der Waals surface area (Å²) >= 11 is 13.6. The molecule has 0 saturated heterocycles. The van der Waals surface area contributed by atoms with E-state index in [0.717, 1.165) is 26.6 Å². The summed E-state index contributed by atoms with van der Waals surface area (Å²) in [5.41, 5.74) is 5.05. The van der Waals surface area contributed by atoms with Crippen molar-refractivity contribution in [1.82, 2.24) is 18.9 Å². The van der Waals surface area contributed by atoms with Crippen LogP contribution in [0.4, 0.5) is 5.82 Å². The van der Waals surface area contributed by atoms with Crippen LogP contribution >= 0.6 is 46.9 Å². The van der Waals surface area contributed by atoms with Gasteiger partial charge in [-0.15, -0.1) is 5.10 Å². The van der Waals surface area contributed by atoms with Crippen molar-refractivity contribution >= 4 is 58.5 Å². The Morgan fingerprint density at radius 3 is 2.54 bits per heavy atom. The molecular weight excluding hydrogens is 442 g/mol. The second kappa shape index (κ2) is 8.03. The third kappa shape index (κ3) is 3.83. The summed E-state index contributed by atoms with van der Waals surface area (Å²) in [4.78, 5) is 36.7. The molecule has 2 heterocycles. The number of halogens is 1. The first-order valence-electron chi connectivity index (χ1n) is 7.78. The van der Waals surface area contributed by atoms with Gasteiger partial charge in [0, 0.05) is 19.1 Å². The fourth-order valence-electron chi connectivity index (χ4n) is 2.39. The average molecular weight is 456 g/mol. The molecule has 0 aliphatic rings. The van der Waals surface area contributed by atoms with Crippen molar-refractivity contribution < 1.29 is 4.79 Å². The quantitative estimate of drug-likeness (QED) is 0.357. The summed E-state index contributed by atoms with van der Waals surface area (Å²) in [5, 5.41) is 5.00. The van der Waals surface area contributed by atoms with Gasteiger partial charge in [0.1, 0.15) is 11.4 Å². The van der Waals surface area contributed by atoms with Crippen LogP contribution in [0, 0.1) is 3.95 Å². The summed E-state index contributed by atoms with van der Waals surface area (Å²) < 4.78 is 4.57. The molecular formula is C16H14ClN5O3S3. The zero-order valence-electron chi connectivity index (χ0n) is 14.7. The first-order chi connectivity index (χ1) is 13.2. The maximum Gasteiger partial charge on any atom is 0.332 e. The van der Waals surface area contributed by atoms with E-state index in [-0.39, 0.29) is 17.1 Å². The topological polar surface area (TPSA) is 105 Å². The lowest BCUT2D eigenvalue weighted by atomic mass is 10.2. The average Bonchev–Trinajstić information content (AvgIpc) is 3.04. The normalized spacial score (nSPS) is 11.0. The van der Waals surface area contributed by atoms with E-state index in [2.05, 4.69) is 5.10 Å². The number of carbonyl (C=O) groups is 1. The largest absolute Gasteiger partial charge is 0.384 e. The monoisotopic (exact) mass is 455 g/mol. The highest BCUT2D eigenvalue weighted by Gasteiger charge is 2.21. The van der Waals surface area contributed by atoms with Gasteiger partial charge in [0.25, 0.3) is 5.56 Å². The number of aromatic nitrogens is 4. The standard InChI is InChI=1S/C16H14ClN5O3S3/c1-20-12(18)11(13(24)21(2)15(20)25)10(23)7-27-14-19-22(16(26)28-14)9-5-3-8(17)4-6-9/h3-6H,7,18H2,1-2H3. The van der Waals surface area contributed by atoms with Crippen molar-refractivity contribution in [3.63, 3.8) is 0 Å². The number of anilines is 1. The van der Waals surface area contributed by atoms with E-state index < -0.39 is 17.0 Å². The van der Waals surface area contributed by atoms with Crippen molar-refractivity contribution in [3.8, 4) is 5.69 Å². The van der Waals surface area contributed by atoms with Crippen LogP contribution in [-0.2, 0) is 14.1 Å².